The highest BCUT2D eigenvalue weighted by molar-refractivity contribution is 7.90. The Kier molecular flexibility index (Phi) is 8.36. The van der Waals surface area contributed by atoms with Crippen LogP contribution < -0.4 is 4.90 Å². The summed E-state index contributed by atoms with van der Waals surface area (Å²) in [5.41, 5.74) is 2.06. The molecule has 1 aliphatic heterocycles. The Balaban J connectivity index is 0.00000306. The number of nitrogens with zero attached hydrogens (tertiary/aromatic N) is 3. The summed E-state index contributed by atoms with van der Waals surface area (Å²) in [4.78, 5) is 22.3. The quantitative estimate of drug-likeness (QED) is 0.478. The summed E-state index contributed by atoms with van der Waals surface area (Å²) < 4.78 is 30.3. The van der Waals surface area contributed by atoms with Crippen molar-refractivity contribution in [3.8, 4) is 0 Å². The van der Waals surface area contributed by atoms with Crippen molar-refractivity contribution in [3.05, 3.63) is 52.5 Å². The largest absolute Gasteiger partial charge is 0.379 e. The van der Waals surface area contributed by atoms with E-state index in [2.05, 4.69) is 4.90 Å². The van der Waals surface area contributed by atoms with Crippen LogP contribution in [0.15, 0.2) is 41.3 Å². The molecule has 0 spiro atoms. The van der Waals surface area contributed by atoms with Crippen LogP contribution in [-0.4, -0.2) is 69.9 Å². The molecular weight excluding hydrogens is 505 g/mol. The third-order valence-electron chi connectivity index (χ3n) is 5.37. The molecule has 1 amide bonds. The minimum Gasteiger partial charge on any atom is -0.379 e. The van der Waals surface area contributed by atoms with Gasteiger partial charge in [0.25, 0.3) is 5.91 Å². The molecule has 0 aliphatic carbocycles. The summed E-state index contributed by atoms with van der Waals surface area (Å²) in [6.07, 6.45) is 1.13. The molecule has 0 bridgehead atoms. The second-order valence-electron chi connectivity index (χ2n) is 7.78. The molecule has 0 atom stereocenters. The van der Waals surface area contributed by atoms with Crippen LogP contribution in [0, 0.1) is 6.92 Å². The van der Waals surface area contributed by atoms with Gasteiger partial charge in [0, 0.05) is 43.0 Å². The van der Waals surface area contributed by atoms with Crippen molar-refractivity contribution in [1.82, 2.24) is 9.88 Å². The van der Waals surface area contributed by atoms with E-state index in [1.54, 1.807) is 17.0 Å². The lowest BCUT2D eigenvalue weighted by Gasteiger charge is -2.29. The van der Waals surface area contributed by atoms with Crippen LogP contribution >= 0.6 is 35.3 Å². The summed E-state index contributed by atoms with van der Waals surface area (Å²) in [7, 11) is -3.43. The molecule has 1 aliphatic rings. The molecule has 1 fully saturated rings. The molecule has 2 heterocycles. The first-order valence-corrected chi connectivity index (χ1v) is 13.3. The number of aryl methyl sites for hydroxylation is 1. The average Bonchev–Trinajstić information content (AvgIpc) is 3.18. The van der Waals surface area contributed by atoms with Crippen molar-refractivity contribution in [1.29, 1.82) is 0 Å². The van der Waals surface area contributed by atoms with Crippen molar-refractivity contribution < 1.29 is 17.9 Å². The van der Waals surface area contributed by atoms with Crippen molar-refractivity contribution in [2.24, 2.45) is 0 Å². The Bertz CT molecular complexity index is 1260. The molecule has 33 heavy (non-hydrogen) atoms. The Morgan fingerprint density at radius 2 is 1.97 bits per heavy atom. The molecule has 3 aromatic rings. The number of rotatable bonds is 6. The van der Waals surface area contributed by atoms with Gasteiger partial charge in [-0.1, -0.05) is 29.0 Å². The van der Waals surface area contributed by atoms with Crippen LogP contribution in [0.25, 0.3) is 10.2 Å². The molecule has 0 radical (unpaired) electrons. The van der Waals surface area contributed by atoms with Gasteiger partial charge in [0.15, 0.2) is 15.0 Å². The second kappa shape index (κ2) is 10.7. The van der Waals surface area contributed by atoms with Gasteiger partial charge in [-0.15, -0.1) is 12.4 Å². The van der Waals surface area contributed by atoms with E-state index < -0.39 is 9.84 Å². The first-order chi connectivity index (χ1) is 15.2. The number of aromatic nitrogens is 1. The summed E-state index contributed by atoms with van der Waals surface area (Å²) in [5.74, 6) is -0.286. The zero-order valence-electron chi connectivity index (χ0n) is 18.3. The highest BCUT2D eigenvalue weighted by Gasteiger charge is 2.24. The van der Waals surface area contributed by atoms with Crippen molar-refractivity contribution in [3.63, 3.8) is 0 Å². The average molecular weight is 530 g/mol. The van der Waals surface area contributed by atoms with E-state index in [-0.39, 0.29) is 23.2 Å². The minimum absolute atomic E-state index is 0. The predicted octanol–water partition coefficient (Wildman–Crippen LogP) is 4.06. The maximum absolute atomic E-state index is 13.6. The number of ether oxygens (including phenoxy) is 1. The first kappa shape index (κ1) is 25.9. The summed E-state index contributed by atoms with van der Waals surface area (Å²) in [6, 6.07) is 9.84. The van der Waals surface area contributed by atoms with E-state index in [0.29, 0.717) is 42.0 Å². The molecule has 4 rings (SSSR count). The van der Waals surface area contributed by atoms with E-state index in [0.717, 1.165) is 35.1 Å². The Hall–Kier alpha value is -1.75. The standard InChI is InChI=1S/C22H24ClN3O4S2.ClH/c1-15-12-17(23)14-19-20(15)24-22(31-19)26(7-6-25-8-10-30-11-9-25)21(27)16-4-3-5-18(13-16)32(2,28)29;/h3-5,12-14H,6-11H2,1-2H3;1H. The Morgan fingerprint density at radius 1 is 1.24 bits per heavy atom. The summed E-state index contributed by atoms with van der Waals surface area (Å²) in [5, 5.41) is 1.19. The number of sulfone groups is 1. The zero-order valence-corrected chi connectivity index (χ0v) is 21.5. The molecule has 0 saturated carbocycles. The monoisotopic (exact) mass is 529 g/mol. The van der Waals surface area contributed by atoms with E-state index >= 15 is 0 Å². The van der Waals surface area contributed by atoms with E-state index in [9.17, 15) is 13.2 Å². The molecule has 1 saturated heterocycles. The van der Waals surface area contributed by atoms with Crippen LogP contribution in [0.5, 0.6) is 0 Å². The third kappa shape index (κ3) is 6.03. The Morgan fingerprint density at radius 3 is 2.67 bits per heavy atom. The lowest BCUT2D eigenvalue weighted by Crippen LogP contribution is -2.43. The molecule has 2 aromatic carbocycles. The molecular formula is C22H25Cl2N3O4S2. The number of hydrogen-bond donors (Lipinski definition) is 0. The van der Waals surface area contributed by atoms with Gasteiger partial charge in [-0.2, -0.15) is 0 Å². The summed E-state index contributed by atoms with van der Waals surface area (Å²) >= 11 is 7.62. The minimum atomic E-state index is -3.43. The van der Waals surface area contributed by atoms with Gasteiger partial charge in [0.05, 0.1) is 28.3 Å². The van der Waals surface area contributed by atoms with E-state index in [4.69, 9.17) is 21.3 Å². The lowest BCUT2D eigenvalue weighted by atomic mass is 10.2. The number of benzene rings is 2. The zero-order chi connectivity index (χ0) is 22.9. The van der Waals surface area contributed by atoms with Crippen LogP contribution in [0.3, 0.4) is 0 Å². The fourth-order valence-electron chi connectivity index (χ4n) is 3.62. The van der Waals surface area contributed by atoms with Crippen LogP contribution in [-0.2, 0) is 14.6 Å². The maximum Gasteiger partial charge on any atom is 0.260 e. The van der Waals surface area contributed by atoms with Crippen LogP contribution in [0.2, 0.25) is 5.02 Å². The normalized spacial score (nSPS) is 14.8. The molecule has 178 valence electrons. The number of fused-ring (bicyclic) bond motifs is 1. The fourth-order valence-corrected chi connectivity index (χ4v) is 5.74. The van der Waals surface area contributed by atoms with Gasteiger partial charge in [0.2, 0.25) is 0 Å². The van der Waals surface area contributed by atoms with Gasteiger partial charge in [-0.3, -0.25) is 14.6 Å². The maximum atomic E-state index is 13.6. The molecule has 0 unspecified atom stereocenters. The fraction of sp³-hybridized carbons (Fsp3) is 0.364. The van der Waals surface area contributed by atoms with Gasteiger partial charge in [-0.05, 0) is 42.8 Å². The molecule has 0 N–H and O–H groups in total. The van der Waals surface area contributed by atoms with Crippen molar-refractivity contribution in [2.45, 2.75) is 11.8 Å². The molecule has 11 heteroatoms. The molecule has 1 aromatic heterocycles. The Labute approximate surface area is 208 Å². The lowest BCUT2D eigenvalue weighted by molar-refractivity contribution is 0.0391. The topological polar surface area (TPSA) is 79.8 Å². The highest BCUT2D eigenvalue weighted by Crippen LogP contribution is 2.33. The molecule has 7 nitrogen and oxygen atoms in total. The SMILES string of the molecule is Cc1cc(Cl)cc2sc(N(CCN3CCOCC3)C(=O)c3cccc(S(C)(=O)=O)c3)nc12.Cl. The number of morpholine rings is 1. The summed E-state index contributed by atoms with van der Waals surface area (Å²) in [6.45, 7) is 5.98. The number of amides is 1. The number of carbonyl (C=O) groups excluding carboxylic acids is 1. The van der Waals surface area contributed by atoms with Crippen LogP contribution in [0.1, 0.15) is 15.9 Å². The van der Waals surface area contributed by atoms with Crippen molar-refractivity contribution >= 4 is 66.4 Å². The van der Waals surface area contributed by atoms with E-state index in [1.807, 2.05) is 19.1 Å². The van der Waals surface area contributed by atoms with Gasteiger partial charge in [-0.25, -0.2) is 13.4 Å². The number of hydrogen-bond acceptors (Lipinski definition) is 7. The number of carbonyl (C=O) groups is 1. The van der Waals surface area contributed by atoms with Gasteiger partial charge in [0.1, 0.15) is 0 Å². The van der Waals surface area contributed by atoms with Gasteiger partial charge >= 0.3 is 0 Å². The first-order valence-electron chi connectivity index (χ1n) is 10.2. The van der Waals surface area contributed by atoms with E-state index in [1.165, 1.54) is 23.5 Å². The predicted molar refractivity (Wildman–Crippen MR) is 135 cm³/mol. The highest BCUT2D eigenvalue weighted by atomic mass is 35.5. The second-order valence-corrected chi connectivity index (χ2v) is 11.2. The number of thiazole rings is 1. The number of anilines is 1. The smallest absolute Gasteiger partial charge is 0.260 e. The van der Waals surface area contributed by atoms with Crippen molar-refractivity contribution in [2.75, 3.05) is 50.5 Å². The third-order valence-corrected chi connectivity index (χ3v) is 7.72. The number of halogens is 2. The van der Waals surface area contributed by atoms with Gasteiger partial charge < -0.3 is 4.74 Å². The van der Waals surface area contributed by atoms with Crippen LogP contribution in [0.4, 0.5) is 5.13 Å².